The van der Waals surface area contributed by atoms with Gasteiger partial charge in [-0.05, 0) is 23.9 Å². The van der Waals surface area contributed by atoms with E-state index in [4.69, 9.17) is 0 Å². The van der Waals surface area contributed by atoms with Gasteiger partial charge in [0.25, 0.3) is 0 Å². The van der Waals surface area contributed by atoms with E-state index < -0.39 is 0 Å². The fraction of sp³-hybridized carbons (Fsp3) is 0.105. The van der Waals surface area contributed by atoms with Crippen LogP contribution in [0.1, 0.15) is 0 Å². The number of rotatable bonds is 3. The van der Waals surface area contributed by atoms with Gasteiger partial charge < -0.3 is 4.98 Å². The van der Waals surface area contributed by atoms with Crippen molar-refractivity contribution in [2.75, 3.05) is 14.1 Å². The maximum absolute atomic E-state index is 4.41. The summed E-state index contributed by atoms with van der Waals surface area (Å²) in [4.78, 5) is 4.41. The predicted molar refractivity (Wildman–Crippen MR) is 88.3 cm³/mol. The maximum Gasteiger partial charge on any atom is 0.136 e. The van der Waals surface area contributed by atoms with Gasteiger partial charge in [0, 0.05) is 26.3 Å². The van der Waals surface area contributed by atoms with Crippen molar-refractivity contribution in [1.29, 1.82) is 0 Å². The first-order valence-corrected chi connectivity index (χ1v) is 7.01. The van der Waals surface area contributed by atoms with E-state index in [0.717, 1.165) is 11.3 Å². The monoisotopic (exact) mass is 467 g/mol. The van der Waals surface area contributed by atoms with Gasteiger partial charge in [0.2, 0.25) is 0 Å². The van der Waals surface area contributed by atoms with Crippen molar-refractivity contribution in [2.24, 2.45) is 0 Å². The molecule has 0 amide bonds. The maximum atomic E-state index is 4.41. The van der Waals surface area contributed by atoms with Crippen LogP contribution >= 0.6 is 0 Å². The summed E-state index contributed by atoms with van der Waals surface area (Å²) in [5.74, 6) is 0. The molecule has 1 aromatic heterocycles. The zero-order chi connectivity index (χ0) is 14.7. The average molecular weight is 467 g/mol. The summed E-state index contributed by atoms with van der Waals surface area (Å²) < 4.78 is 0.690. The number of quaternary nitrogens is 1. The summed E-state index contributed by atoms with van der Waals surface area (Å²) in [5.41, 5.74) is 4.43. The third kappa shape index (κ3) is 3.33. The molecule has 1 radical (unpaired) electrons. The van der Waals surface area contributed by atoms with Crippen molar-refractivity contribution in [3.63, 3.8) is 0 Å². The molecule has 0 unspecified atom stereocenters. The number of hydrogen-bond acceptors (Lipinski definition) is 1. The number of aromatic nitrogens is 1. The molecule has 0 aliphatic rings. The van der Waals surface area contributed by atoms with Crippen molar-refractivity contribution in [3.05, 3.63) is 79.0 Å². The van der Waals surface area contributed by atoms with Crippen LogP contribution in [0.3, 0.4) is 0 Å². The van der Waals surface area contributed by atoms with Gasteiger partial charge in [0.15, 0.2) is 0 Å². The first-order chi connectivity index (χ1) is 10.2. The van der Waals surface area contributed by atoms with Gasteiger partial charge in [-0.25, -0.2) is 0 Å². The van der Waals surface area contributed by atoms with Crippen molar-refractivity contribution in [1.82, 2.24) is 9.47 Å². The van der Waals surface area contributed by atoms with E-state index in [1.54, 1.807) is 0 Å². The summed E-state index contributed by atoms with van der Waals surface area (Å²) in [7, 11) is 4.37. The smallest absolute Gasteiger partial charge is 0.136 e. The fourth-order valence-electron chi connectivity index (χ4n) is 2.42. The molecule has 0 spiro atoms. The van der Waals surface area contributed by atoms with Crippen LogP contribution in [-0.2, 0) is 20.1 Å². The molecule has 113 valence electrons. The Kier molecular flexibility index (Phi) is 5.25. The van der Waals surface area contributed by atoms with Gasteiger partial charge in [0.1, 0.15) is 5.69 Å². The van der Waals surface area contributed by atoms with E-state index in [1.807, 2.05) is 36.5 Å². The van der Waals surface area contributed by atoms with Gasteiger partial charge in [-0.1, -0.05) is 42.5 Å². The van der Waals surface area contributed by atoms with Crippen LogP contribution in [0.15, 0.2) is 72.9 Å². The third-order valence-electron chi connectivity index (χ3n) is 3.77. The standard InChI is InChI=1S/C19H18N2.Ir/c1-21(2,17-10-4-3-5-11-17)18-12-8-9-16(15-18)19-13-6-7-14-20-19;/h3-8,10-15H,1-2H3;. The normalized spacial score (nSPS) is 10.8. The van der Waals surface area contributed by atoms with Crippen LogP contribution in [0.4, 0.5) is 11.4 Å². The SMILES string of the molecule is C[N+](C)(c1ccccc1)c1cc[c-]c(-c2ccccn2)c1.[Ir]. The summed E-state index contributed by atoms with van der Waals surface area (Å²) in [5, 5.41) is 0. The minimum Gasteiger partial charge on any atom is -0.305 e. The minimum atomic E-state index is 0. The Labute approximate surface area is 145 Å². The number of nitrogens with zero attached hydrogens (tertiary/aromatic N) is 2. The van der Waals surface area contributed by atoms with Crippen molar-refractivity contribution in [2.45, 2.75) is 0 Å². The second-order valence-corrected chi connectivity index (χ2v) is 5.46. The summed E-state index contributed by atoms with van der Waals surface area (Å²) >= 11 is 0. The molecule has 0 N–H and O–H groups in total. The molecular formula is C19H18IrN2. The van der Waals surface area contributed by atoms with E-state index in [-0.39, 0.29) is 20.1 Å². The van der Waals surface area contributed by atoms with Gasteiger partial charge in [0.05, 0.1) is 19.8 Å². The number of pyridine rings is 1. The van der Waals surface area contributed by atoms with E-state index in [9.17, 15) is 0 Å². The molecular weight excluding hydrogens is 448 g/mol. The van der Waals surface area contributed by atoms with Crippen LogP contribution in [0.5, 0.6) is 0 Å². The molecule has 2 aromatic carbocycles. The van der Waals surface area contributed by atoms with Gasteiger partial charge >= 0.3 is 0 Å². The molecule has 0 saturated carbocycles. The summed E-state index contributed by atoms with van der Waals surface area (Å²) in [6.07, 6.45) is 1.81. The van der Waals surface area contributed by atoms with Crippen LogP contribution in [0.2, 0.25) is 0 Å². The molecule has 0 aliphatic heterocycles. The molecule has 1 heterocycles. The second kappa shape index (κ2) is 6.97. The Morgan fingerprint density at radius 2 is 1.59 bits per heavy atom. The average Bonchev–Trinajstić information content (AvgIpc) is 2.57. The Hall–Kier alpha value is -1.80. The van der Waals surface area contributed by atoms with Crippen molar-refractivity contribution >= 4 is 11.4 Å². The fourth-order valence-corrected chi connectivity index (χ4v) is 2.42. The van der Waals surface area contributed by atoms with Gasteiger partial charge in [-0.2, -0.15) is 0 Å². The molecule has 3 rings (SSSR count). The number of para-hydroxylation sites is 1. The van der Waals surface area contributed by atoms with E-state index in [2.05, 4.69) is 61.5 Å². The Bertz CT molecular complexity index is 725. The molecule has 0 saturated heterocycles. The minimum absolute atomic E-state index is 0. The quantitative estimate of drug-likeness (QED) is 0.411. The van der Waals surface area contributed by atoms with E-state index >= 15 is 0 Å². The molecule has 2 nitrogen and oxygen atoms in total. The summed E-state index contributed by atoms with van der Waals surface area (Å²) in [6.45, 7) is 0. The van der Waals surface area contributed by atoms with Crippen LogP contribution in [-0.4, -0.2) is 19.1 Å². The molecule has 0 atom stereocenters. The van der Waals surface area contributed by atoms with E-state index in [1.165, 1.54) is 11.4 Å². The van der Waals surface area contributed by atoms with Crippen molar-refractivity contribution in [3.8, 4) is 11.3 Å². The van der Waals surface area contributed by atoms with Crippen LogP contribution in [0.25, 0.3) is 11.3 Å². The van der Waals surface area contributed by atoms with Crippen molar-refractivity contribution < 1.29 is 20.1 Å². The molecule has 0 bridgehead atoms. The van der Waals surface area contributed by atoms with Crippen LogP contribution in [0, 0.1) is 6.07 Å². The zero-order valence-corrected chi connectivity index (χ0v) is 15.1. The molecule has 0 fully saturated rings. The van der Waals surface area contributed by atoms with Gasteiger partial charge in [-0.3, -0.25) is 4.48 Å². The largest absolute Gasteiger partial charge is 0.305 e. The van der Waals surface area contributed by atoms with Gasteiger partial charge in [-0.15, -0.1) is 17.7 Å². The topological polar surface area (TPSA) is 12.9 Å². The molecule has 22 heavy (non-hydrogen) atoms. The number of benzene rings is 2. The second-order valence-electron chi connectivity index (χ2n) is 5.46. The Balaban J connectivity index is 0.00000176. The third-order valence-corrected chi connectivity index (χ3v) is 3.77. The molecule has 3 heteroatoms. The Morgan fingerprint density at radius 3 is 2.27 bits per heavy atom. The first-order valence-electron chi connectivity index (χ1n) is 7.01. The van der Waals surface area contributed by atoms with Crippen LogP contribution < -0.4 is 4.48 Å². The van der Waals surface area contributed by atoms with E-state index in [0.29, 0.717) is 4.48 Å². The Morgan fingerprint density at radius 1 is 0.864 bits per heavy atom. The predicted octanol–water partition coefficient (Wildman–Crippen LogP) is 4.44. The summed E-state index contributed by atoms with van der Waals surface area (Å²) in [6, 6.07) is 26.0. The first kappa shape index (κ1) is 16.6. The molecule has 0 aliphatic carbocycles. The zero-order valence-electron chi connectivity index (χ0n) is 12.7. The molecule has 3 aromatic rings. The number of hydrogen-bond donors (Lipinski definition) is 0.